The van der Waals surface area contributed by atoms with E-state index in [0.717, 1.165) is 17.4 Å². The van der Waals surface area contributed by atoms with Gasteiger partial charge in [0.1, 0.15) is 17.3 Å². The summed E-state index contributed by atoms with van der Waals surface area (Å²) in [6.07, 6.45) is 4.35. The van der Waals surface area contributed by atoms with E-state index in [2.05, 4.69) is 10.5 Å². The second-order valence-corrected chi connectivity index (χ2v) is 6.31. The molecule has 1 amide bonds. The molecule has 3 rings (SSSR count). The Morgan fingerprint density at radius 3 is 2.45 bits per heavy atom. The Kier molecular flexibility index (Phi) is 7.26. The number of nitrogens with one attached hydrogen (secondary N) is 1. The molecule has 0 saturated carbocycles. The number of esters is 1. The first kappa shape index (κ1) is 21.4. The van der Waals surface area contributed by atoms with Crippen LogP contribution in [0, 0.1) is 5.82 Å². The number of amides is 1. The number of ether oxygens (including phenoxy) is 2. The predicted octanol–water partition coefficient (Wildman–Crippen LogP) is 4.22. The third-order valence-electron chi connectivity index (χ3n) is 4.07. The number of benzene rings is 3. The number of hydrazone groups is 1. The summed E-state index contributed by atoms with van der Waals surface area (Å²) in [5, 5.41) is 3.85. The highest BCUT2D eigenvalue weighted by Gasteiger charge is 2.05. The van der Waals surface area contributed by atoms with Gasteiger partial charge >= 0.3 is 5.97 Å². The molecule has 0 bridgehead atoms. The molecule has 0 radical (unpaired) electrons. The van der Waals surface area contributed by atoms with Crippen LogP contribution < -0.4 is 14.9 Å². The van der Waals surface area contributed by atoms with Crippen LogP contribution in [-0.2, 0) is 4.79 Å². The van der Waals surface area contributed by atoms with Gasteiger partial charge in [-0.2, -0.15) is 5.10 Å². The summed E-state index contributed by atoms with van der Waals surface area (Å²) in [7, 11) is 1.58. The van der Waals surface area contributed by atoms with E-state index in [1.807, 2.05) is 12.1 Å². The van der Waals surface area contributed by atoms with E-state index in [1.54, 1.807) is 49.6 Å². The summed E-state index contributed by atoms with van der Waals surface area (Å²) in [5.74, 6) is -0.534. The van der Waals surface area contributed by atoms with Crippen LogP contribution in [-0.4, -0.2) is 25.2 Å². The van der Waals surface area contributed by atoms with Gasteiger partial charge in [-0.1, -0.05) is 30.3 Å². The zero-order valence-electron chi connectivity index (χ0n) is 16.6. The first-order valence-corrected chi connectivity index (χ1v) is 9.26. The smallest absolute Gasteiger partial charge is 0.336 e. The normalized spacial score (nSPS) is 10.9. The van der Waals surface area contributed by atoms with Crippen molar-refractivity contribution >= 4 is 24.2 Å². The molecule has 1 N–H and O–H groups in total. The highest BCUT2D eigenvalue weighted by molar-refractivity contribution is 5.95. The average Bonchev–Trinajstić information content (AvgIpc) is 2.78. The molecule has 0 aliphatic carbocycles. The van der Waals surface area contributed by atoms with Crippen molar-refractivity contribution < 1.29 is 23.5 Å². The molecule has 0 atom stereocenters. The minimum Gasteiger partial charge on any atom is -0.497 e. The fraction of sp³-hybridized carbons (Fsp3) is 0.0417. The molecular formula is C24H19FN2O4. The first-order valence-electron chi connectivity index (χ1n) is 9.26. The molecule has 7 heteroatoms. The van der Waals surface area contributed by atoms with Crippen LogP contribution in [0.1, 0.15) is 21.5 Å². The van der Waals surface area contributed by atoms with E-state index in [-0.39, 0.29) is 5.56 Å². The zero-order chi connectivity index (χ0) is 22.1. The van der Waals surface area contributed by atoms with Gasteiger partial charge in [-0.15, -0.1) is 0 Å². The van der Waals surface area contributed by atoms with E-state index in [4.69, 9.17) is 9.47 Å². The molecule has 3 aromatic carbocycles. The third kappa shape index (κ3) is 6.64. The Morgan fingerprint density at radius 1 is 0.935 bits per heavy atom. The Labute approximate surface area is 178 Å². The van der Waals surface area contributed by atoms with E-state index < -0.39 is 17.7 Å². The van der Waals surface area contributed by atoms with Crippen molar-refractivity contribution in [1.82, 2.24) is 5.43 Å². The number of nitrogens with zero attached hydrogens (tertiary/aromatic N) is 1. The summed E-state index contributed by atoms with van der Waals surface area (Å²) in [5.41, 5.74) is 3.90. The van der Waals surface area contributed by atoms with Crippen molar-refractivity contribution in [3.05, 3.63) is 101 Å². The molecule has 6 nitrogen and oxygen atoms in total. The summed E-state index contributed by atoms with van der Waals surface area (Å²) in [4.78, 5) is 24.0. The number of rotatable bonds is 7. The van der Waals surface area contributed by atoms with Crippen molar-refractivity contribution in [2.45, 2.75) is 0 Å². The van der Waals surface area contributed by atoms with E-state index >= 15 is 0 Å². The Balaban J connectivity index is 1.56. The quantitative estimate of drug-likeness (QED) is 0.205. The van der Waals surface area contributed by atoms with Crippen molar-refractivity contribution in [2.24, 2.45) is 5.10 Å². The van der Waals surface area contributed by atoms with E-state index in [1.165, 1.54) is 30.5 Å². The predicted molar refractivity (Wildman–Crippen MR) is 116 cm³/mol. The number of halogens is 1. The van der Waals surface area contributed by atoms with Crippen LogP contribution in [0.25, 0.3) is 6.08 Å². The van der Waals surface area contributed by atoms with Crippen LogP contribution >= 0.6 is 0 Å². The highest BCUT2D eigenvalue weighted by atomic mass is 19.1. The minimum atomic E-state index is -0.540. The fourth-order valence-electron chi connectivity index (χ4n) is 2.55. The molecule has 31 heavy (non-hydrogen) atoms. The molecule has 0 aliphatic heterocycles. The molecule has 0 saturated heterocycles. The number of hydrogen-bond acceptors (Lipinski definition) is 5. The molecule has 3 aromatic rings. The minimum absolute atomic E-state index is 0.156. The molecule has 0 heterocycles. The molecule has 0 aliphatic rings. The number of carbonyl (C=O) groups excluding carboxylic acids is 2. The summed E-state index contributed by atoms with van der Waals surface area (Å²) in [6.45, 7) is 0. The van der Waals surface area contributed by atoms with E-state index in [9.17, 15) is 14.0 Å². The maximum atomic E-state index is 13.2. The number of methoxy groups -OCH3 is 1. The zero-order valence-corrected chi connectivity index (χ0v) is 16.6. The third-order valence-corrected chi connectivity index (χ3v) is 4.07. The van der Waals surface area contributed by atoms with Crippen LogP contribution in [0.4, 0.5) is 4.39 Å². The second kappa shape index (κ2) is 10.5. The standard InChI is InChI=1S/C24H19FN2O4/c1-30-21-11-8-17(9-12-21)10-13-23(28)31-22-7-2-4-18(14-22)16-26-27-24(29)19-5-3-6-20(25)15-19/h2-16H,1H3,(H,27,29)/b13-10+,26-16-. The molecular weight excluding hydrogens is 399 g/mol. The lowest BCUT2D eigenvalue weighted by Crippen LogP contribution is -2.17. The lowest BCUT2D eigenvalue weighted by atomic mass is 10.2. The Bertz CT molecular complexity index is 1120. The fourth-order valence-corrected chi connectivity index (χ4v) is 2.55. The van der Waals surface area contributed by atoms with Crippen LogP contribution in [0.3, 0.4) is 0 Å². The molecule has 156 valence electrons. The topological polar surface area (TPSA) is 77.0 Å². The van der Waals surface area contributed by atoms with Gasteiger partial charge in [0.15, 0.2) is 0 Å². The highest BCUT2D eigenvalue weighted by Crippen LogP contribution is 2.14. The lowest BCUT2D eigenvalue weighted by molar-refractivity contribution is -0.128. The van der Waals surface area contributed by atoms with Gasteiger partial charge in [-0.25, -0.2) is 14.6 Å². The maximum absolute atomic E-state index is 13.2. The molecule has 0 spiro atoms. The summed E-state index contributed by atoms with van der Waals surface area (Å²) >= 11 is 0. The summed E-state index contributed by atoms with van der Waals surface area (Å²) in [6, 6.07) is 19.1. The number of carbonyl (C=O) groups is 2. The largest absolute Gasteiger partial charge is 0.497 e. The van der Waals surface area contributed by atoms with Gasteiger partial charge in [-0.05, 0) is 59.7 Å². The van der Waals surface area contributed by atoms with Crippen LogP contribution in [0.2, 0.25) is 0 Å². The second-order valence-electron chi connectivity index (χ2n) is 6.31. The van der Waals surface area contributed by atoms with Gasteiger partial charge in [0, 0.05) is 11.6 Å². The molecule has 0 aromatic heterocycles. The van der Waals surface area contributed by atoms with Crippen LogP contribution in [0.15, 0.2) is 84.0 Å². The maximum Gasteiger partial charge on any atom is 0.336 e. The molecule has 0 unspecified atom stereocenters. The SMILES string of the molecule is COc1ccc(/C=C/C(=O)Oc2cccc(/C=N\NC(=O)c3cccc(F)c3)c2)cc1. The van der Waals surface area contributed by atoms with Crippen molar-refractivity contribution in [2.75, 3.05) is 7.11 Å². The van der Waals surface area contributed by atoms with Crippen molar-refractivity contribution in [3.8, 4) is 11.5 Å². The first-order chi connectivity index (χ1) is 15.0. The van der Waals surface area contributed by atoms with E-state index in [0.29, 0.717) is 11.3 Å². The monoisotopic (exact) mass is 418 g/mol. The average molecular weight is 418 g/mol. The lowest BCUT2D eigenvalue weighted by Gasteiger charge is -2.03. The van der Waals surface area contributed by atoms with Crippen LogP contribution in [0.5, 0.6) is 11.5 Å². The molecule has 0 fully saturated rings. The van der Waals surface area contributed by atoms with Crippen molar-refractivity contribution in [3.63, 3.8) is 0 Å². The number of hydrogen-bond donors (Lipinski definition) is 1. The Hall–Kier alpha value is -4.26. The van der Waals surface area contributed by atoms with Gasteiger partial charge < -0.3 is 9.47 Å². The van der Waals surface area contributed by atoms with Gasteiger partial charge in [-0.3, -0.25) is 4.79 Å². The van der Waals surface area contributed by atoms with Gasteiger partial charge in [0.05, 0.1) is 13.3 Å². The van der Waals surface area contributed by atoms with Crippen molar-refractivity contribution in [1.29, 1.82) is 0 Å². The Morgan fingerprint density at radius 2 is 1.71 bits per heavy atom. The van der Waals surface area contributed by atoms with Gasteiger partial charge in [0.2, 0.25) is 0 Å². The van der Waals surface area contributed by atoms with Gasteiger partial charge in [0.25, 0.3) is 5.91 Å². The summed E-state index contributed by atoms with van der Waals surface area (Å²) < 4.78 is 23.6.